The molecule has 1 aromatic heterocycles. The first-order chi connectivity index (χ1) is 8.77. The summed E-state index contributed by atoms with van der Waals surface area (Å²) in [5.41, 5.74) is 10.9. The molecule has 1 unspecified atom stereocenters. The van der Waals surface area contributed by atoms with Crippen LogP contribution in [-0.4, -0.2) is 12.1 Å². The number of nitrogens with two attached hydrogens (primary N) is 2. The van der Waals surface area contributed by atoms with E-state index in [0.29, 0.717) is 17.1 Å². The lowest BCUT2D eigenvalue weighted by molar-refractivity contribution is 0.400. The number of ether oxygens (including phenoxy) is 1. The van der Waals surface area contributed by atoms with Gasteiger partial charge in [-0.3, -0.25) is 10.8 Å². The van der Waals surface area contributed by atoms with E-state index in [0.717, 1.165) is 5.56 Å². The van der Waals surface area contributed by atoms with Gasteiger partial charge in [-0.15, -0.1) is 0 Å². The maximum Gasteiger partial charge on any atom is 0.142 e. The number of rotatable bonds is 4. The van der Waals surface area contributed by atoms with Crippen LogP contribution in [0.5, 0.6) is 5.75 Å². The Kier molecular flexibility index (Phi) is 3.76. The molecule has 0 saturated carbocycles. The van der Waals surface area contributed by atoms with Crippen LogP contribution in [0.15, 0.2) is 42.6 Å². The number of hydrazine groups is 1. The SMILES string of the molecule is COc1cccnc1C(NN)c1ccccc1N. The number of para-hydroxylation sites is 1. The van der Waals surface area contributed by atoms with Crippen LogP contribution in [0.25, 0.3) is 0 Å². The van der Waals surface area contributed by atoms with E-state index in [1.165, 1.54) is 0 Å². The zero-order valence-corrected chi connectivity index (χ0v) is 10.1. The topological polar surface area (TPSA) is 86.2 Å². The van der Waals surface area contributed by atoms with Gasteiger partial charge in [-0.1, -0.05) is 18.2 Å². The molecule has 0 aliphatic heterocycles. The summed E-state index contributed by atoms with van der Waals surface area (Å²) in [6, 6.07) is 10.9. The summed E-state index contributed by atoms with van der Waals surface area (Å²) in [5.74, 6) is 6.30. The molecule has 1 atom stereocenters. The molecule has 0 spiro atoms. The summed E-state index contributed by atoms with van der Waals surface area (Å²) in [6.45, 7) is 0. The first-order valence-electron chi connectivity index (χ1n) is 5.57. The predicted octanol–water partition coefficient (Wildman–Crippen LogP) is 1.23. The Hall–Kier alpha value is -2.11. The molecule has 2 rings (SSSR count). The molecule has 2 aromatic rings. The van der Waals surface area contributed by atoms with Gasteiger partial charge in [0.15, 0.2) is 0 Å². The van der Waals surface area contributed by atoms with Gasteiger partial charge in [0.25, 0.3) is 0 Å². The quantitative estimate of drug-likeness (QED) is 0.428. The highest BCUT2D eigenvalue weighted by Gasteiger charge is 2.19. The van der Waals surface area contributed by atoms with Crippen LogP contribution in [0.2, 0.25) is 0 Å². The molecule has 0 amide bonds. The Labute approximate surface area is 106 Å². The third kappa shape index (κ3) is 2.27. The Balaban J connectivity index is 2.49. The molecule has 0 aliphatic carbocycles. The van der Waals surface area contributed by atoms with Gasteiger partial charge in [0, 0.05) is 11.9 Å². The van der Waals surface area contributed by atoms with E-state index >= 15 is 0 Å². The first kappa shape index (κ1) is 12.3. The zero-order valence-electron chi connectivity index (χ0n) is 10.1. The summed E-state index contributed by atoms with van der Waals surface area (Å²) in [7, 11) is 1.60. The number of hydrogen-bond acceptors (Lipinski definition) is 5. The molecule has 94 valence electrons. The van der Waals surface area contributed by atoms with Crippen molar-refractivity contribution in [3.05, 3.63) is 53.9 Å². The van der Waals surface area contributed by atoms with Crippen molar-refractivity contribution >= 4 is 5.69 Å². The van der Waals surface area contributed by atoms with E-state index in [1.54, 1.807) is 13.3 Å². The number of aromatic nitrogens is 1. The average molecular weight is 244 g/mol. The summed E-state index contributed by atoms with van der Waals surface area (Å²) < 4.78 is 5.29. The fraction of sp³-hybridized carbons (Fsp3) is 0.154. The maximum atomic E-state index is 5.96. The highest BCUT2D eigenvalue weighted by Crippen LogP contribution is 2.30. The van der Waals surface area contributed by atoms with Crippen molar-refractivity contribution in [3.8, 4) is 5.75 Å². The molecule has 0 bridgehead atoms. The van der Waals surface area contributed by atoms with E-state index in [9.17, 15) is 0 Å². The van der Waals surface area contributed by atoms with Crippen LogP contribution in [0.4, 0.5) is 5.69 Å². The van der Waals surface area contributed by atoms with Crippen molar-refractivity contribution in [1.82, 2.24) is 10.4 Å². The molecule has 0 aliphatic rings. The predicted molar refractivity (Wildman–Crippen MR) is 70.8 cm³/mol. The molecule has 18 heavy (non-hydrogen) atoms. The van der Waals surface area contributed by atoms with Gasteiger partial charge in [0.05, 0.1) is 13.2 Å². The van der Waals surface area contributed by atoms with Crippen molar-refractivity contribution in [1.29, 1.82) is 0 Å². The molecular weight excluding hydrogens is 228 g/mol. The maximum absolute atomic E-state index is 5.96. The van der Waals surface area contributed by atoms with Crippen LogP contribution < -0.4 is 21.7 Å². The Morgan fingerprint density at radius 2 is 2.00 bits per heavy atom. The van der Waals surface area contributed by atoms with Gasteiger partial charge in [-0.05, 0) is 23.8 Å². The van der Waals surface area contributed by atoms with Gasteiger partial charge in [-0.2, -0.15) is 0 Å². The first-order valence-corrected chi connectivity index (χ1v) is 5.57. The highest BCUT2D eigenvalue weighted by molar-refractivity contribution is 5.51. The summed E-state index contributed by atoms with van der Waals surface area (Å²) in [6.07, 6.45) is 1.70. The number of benzene rings is 1. The second kappa shape index (κ2) is 5.48. The van der Waals surface area contributed by atoms with Gasteiger partial charge in [0.1, 0.15) is 11.4 Å². The van der Waals surface area contributed by atoms with Crippen LogP contribution >= 0.6 is 0 Å². The Bertz CT molecular complexity index is 530. The van der Waals surface area contributed by atoms with Crippen molar-refractivity contribution in [2.24, 2.45) is 5.84 Å². The lowest BCUT2D eigenvalue weighted by Crippen LogP contribution is -2.30. The van der Waals surface area contributed by atoms with Crippen molar-refractivity contribution in [2.75, 3.05) is 12.8 Å². The Morgan fingerprint density at radius 3 is 2.67 bits per heavy atom. The molecule has 0 radical (unpaired) electrons. The number of pyridine rings is 1. The Morgan fingerprint density at radius 1 is 1.22 bits per heavy atom. The van der Waals surface area contributed by atoms with Crippen LogP contribution in [0.1, 0.15) is 17.3 Å². The largest absolute Gasteiger partial charge is 0.495 e. The summed E-state index contributed by atoms with van der Waals surface area (Å²) >= 11 is 0. The minimum Gasteiger partial charge on any atom is -0.495 e. The lowest BCUT2D eigenvalue weighted by Gasteiger charge is -2.19. The second-order valence-electron chi connectivity index (χ2n) is 3.82. The van der Waals surface area contributed by atoms with Crippen LogP contribution in [0.3, 0.4) is 0 Å². The number of nitrogens with zero attached hydrogens (tertiary/aromatic N) is 1. The summed E-state index contributed by atoms with van der Waals surface area (Å²) in [5, 5.41) is 0. The molecule has 0 fully saturated rings. The van der Waals surface area contributed by atoms with Crippen molar-refractivity contribution in [2.45, 2.75) is 6.04 Å². The van der Waals surface area contributed by atoms with Gasteiger partial charge in [0.2, 0.25) is 0 Å². The van der Waals surface area contributed by atoms with Crippen molar-refractivity contribution < 1.29 is 4.74 Å². The molecule has 1 heterocycles. The third-order valence-electron chi connectivity index (χ3n) is 2.77. The summed E-state index contributed by atoms with van der Waals surface area (Å²) in [4.78, 5) is 4.32. The standard InChI is InChI=1S/C13H16N4O/c1-18-11-7-4-8-16-13(11)12(17-15)9-5-2-3-6-10(9)14/h2-8,12,17H,14-15H2,1H3. The number of anilines is 1. The number of nitrogen functional groups attached to an aromatic ring is 1. The zero-order chi connectivity index (χ0) is 13.0. The number of nitrogens with one attached hydrogen (secondary N) is 1. The minimum absolute atomic E-state index is 0.303. The average Bonchev–Trinajstić information content (AvgIpc) is 2.42. The highest BCUT2D eigenvalue weighted by atomic mass is 16.5. The number of methoxy groups -OCH3 is 1. The molecular formula is C13H16N4O. The van der Waals surface area contributed by atoms with Crippen molar-refractivity contribution in [3.63, 3.8) is 0 Å². The fourth-order valence-electron chi connectivity index (χ4n) is 1.88. The molecule has 0 saturated heterocycles. The smallest absolute Gasteiger partial charge is 0.142 e. The third-order valence-corrected chi connectivity index (χ3v) is 2.77. The lowest BCUT2D eigenvalue weighted by atomic mass is 10.0. The molecule has 5 N–H and O–H groups in total. The van der Waals surface area contributed by atoms with Gasteiger partial charge >= 0.3 is 0 Å². The molecule has 1 aromatic carbocycles. The fourth-order valence-corrected chi connectivity index (χ4v) is 1.88. The number of hydrogen-bond donors (Lipinski definition) is 3. The van der Waals surface area contributed by atoms with E-state index in [1.807, 2.05) is 36.4 Å². The van der Waals surface area contributed by atoms with Gasteiger partial charge < -0.3 is 10.5 Å². The van der Waals surface area contributed by atoms with Crippen LogP contribution in [-0.2, 0) is 0 Å². The molecule has 5 heteroatoms. The monoisotopic (exact) mass is 244 g/mol. The normalized spacial score (nSPS) is 12.1. The van der Waals surface area contributed by atoms with E-state index in [4.69, 9.17) is 16.3 Å². The van der Waals surface area contributed by atoms with E-state index in [-0.39, 0.29) is 6.04 Å². The van der Waals surface area contributed by atoms with Crippen LogP contribution in [0, 0.1) is 0 Å². The minimum atomic E-state index is -0.303. The van der Waals surface area contributed by atoms with E-state index < -0.39 is 0 Å². The van der Waals surface area contributed by atoms with E-state index in [2.05, 4.69) is 10.4 Å². The second-order valence-corrected chi connectivity index (χ2v) is 3.82. The molecule has 5 nitrogen and oxygen atoms in total. The van der Waals surface area contributed by atoms with Gasteiger partial charge in [-0.25, -0.2) is 5.43 Å².